The van der Waals surface area contributed by atoms with Crippen molar-refractivity contribution < 1.29 is 4.79 Å². The molecule has 1 atom stereocenters. The van der Waals surface area contributed by atoms with Crippen LogP contribution in [0.4, 0.5) is 0 Å². The maximum absolute atomic E-state index is 11.8. The van der Waals surface area contributed by atoms with E-state index in [-0.39, 0.29) is 11.9 Å². The van der Waals surface area contributed by atoms with Crippen molar-refractivity contribution in [1.82, 2.24) is 10.3 Å². The van der Waals surface area contributed by atoms with Gasteiger partial charge in [-0.05, 0) is 47.8 Å². The van der Waals surface area contributed by atoms with Crippen molar-refractivity contribution in [2.75, 3.05) is 5.33 Å². The van der Waals surface area contributed by atoms with E-state index in [1.165, 1.54) is 0 Å². The molecule has 1 heterocycles. The SMILES string of the molecule is CC(CCCBr)NC(=O)c1ncccc1Br. The van der Waals surface area contributed by atoms with Crippen molar-refractivity contribution in [1.29, 1.82) is 0 Å². The zero-order valence-corrected chi connectivity index (χ0v) is 12.2. The number of hydrogen-bond donors (Lipinski definition) is 1. The first kappa shape index (κ1) is 13.6. The molecular formula is C11H14Br2N2O. The molecule has 0 bridgehead atoms. The third-order valence-electron chi connectivity index (χ3n) is 2.12. The third kappa shape index (κ3) is 4.22. The van der Waals surface area contributed by atoms with Crippen molar-refractivity contribution >= 4 is 37.8 Å². The van der Waals surface area contributed by atoms with E-state index in [1.54, 1.807) is 12.3 Å². The van der Waals surface area contributed by atoms with Gasteiger partial charge in [-0.25, -0.2) is 4.98 Å². The van der Waals surface area contributed by atoms with Crippen LogP contribution in [-0.4, -0.2) is 22.3 Å². The van der Waals surface area contributed by atoms with E-state index in [1.807, 2.05) is 13.0 Å². The average molecular weight is 350 g/mol. The second-order valence-electron chi connectivity index (χ2n) is 3.54. The van der Waals surface area contributed by atoms with E-state index in [2.05, 4.69) is 42.2 Å². The first-order chi connectivity index (χ1) is 7.65. The molecule has 3 nitrogen and oxygen atoms in total. The van der Waals surface area contributed by atoms with Crippen LogP contribution in [0.2, 0.25) is 0 Å². The number of rotatable bonds is 5. The maximum Gasteiger partial charge on any atom is 0.271 e. The molecule has 0 spiro atoms. The van der Waals surface area contributed by atoms with E-state index in [0.717, 1.165) is 22.6 Å². The fourth-order valence-corrected chi connectivity index (χ4v) is 2.06. The molecule has 0 radical (unpaired) electrons. The lowest BCUT2D eigenvalue weighted by atomic mass is 10.2. The number of nitrogens with one attached hydrogen (secondary N) is 1. The quantitative estimate of drug-likeness (QED) is 0.830. The number of hydrogen-bond acceptors (Lipinski definition) is 2. The highest BCUT2D eigenvalue weighted by atomic mass is 79.9. The van der Waals surface area contributed by atoms with Gasteiger partial charge in [0.2, 0.25) is 0 Å². The van der Waals surface area contributed by atoms with Gasteiger partial charge in [0.25, 0.3) is 5.91 Å². The predicted molar refractivity (Wildman–Crippen MR) is 71.9 cm³/mol. The van der Waals surface area contributed by atoms with Gasteiger partial charge < -0.3 is 5.32 Å². The van der Waals surface area contributed by atoms with E-state index in [0.29, 0.717) is 5.69 Å². The van der Waals surface area contributed by atoms with Crippen LogP contribution >= 0.6 is 31.9 Å². The predicted octanol–water partition coefficient (Wildman–Crippen LogP) is 3.14. The Morgan fingerprint density at radius 1 is 1.62 bits per heavy atom. The Balaban J connectivity index is 2.56. The minimum atomic E-state index is -0.130. The summed E-state index contributed by atoms with van der Waals surface area (Å²) >= 11 is 6.68. The maximum atomic E-state index is 11.8. The van der Waals surface area contributed by atoms with Crippen LogP contribution in [0.15, 0.2) is 22.8 Å². The van der Waals surface area contributed by atoms with Gasteiger partial charge in [-0.2, -0.15) is 0 Å². The normalized spacial score (nSPS) is 12.2. The highest BCUT2D eigenvalue weighted by molar-refractivity contribution is 9.10. The van der Waals surface area contributed by atoms with Crippen molar-refractivity contribution in [3.8, 4) is 0 Å². The van der Waals surface area contributed by atoms with Crippen molar-refractivity contribution in [3.63, 3.8) is 0 Å². The summed E-state index contributed by atoms with van der Waals surface area (Å²) in [6.45, 7) is 2.00. The molecule has 0 aliphatic carbocycles. The molecule has 88 valence electrons. The highest BCUT2D eigenvalue weighted by Crippen LogP contribution is 2.13. The van der Waals surface area contributed by atoms with E-state index < -0.39 is 0 Å². The molecule has 5 heteroatoms. The largest absolute Gasteiger partial charge is 0.348 e. The number of alkyl halides is 1. The van der Waals surface area contributed by atoms with Gasteiger partial charge in [-0.1, -0.05) is 15.9 Å². The van der Waals surface area contributed by atoms with Crippen LogP contribution in [0.3, 0.4) is 0 Å². The molecule has 1 unspecified atom stereocenters. The lowest BCUT2D eigenvalue weighted by Crippen LogP contribution is -2.33. The van der Waals surface area contributed by atoms with E-state index >= 15 is 0 Å². The minimum absolute atomic E-state index is 0.130. The molecule has 1 rings (SSSR count). The number of nitrogens with zero attached hydrogens (tertiary/aromatic N) is 1. The Morgan fingerprint density at radius 3 is 3.00 bits per heavy atom. The fraction of sp³-hybridized carbons (Fsp3) is 0.455. The van der Waals surface area contributed by atoms with E-state index in [9.17, 15) is 4.79 Å². The van der Waals surface area contributed by atoms with Crippen LogP contribution < -0.4 is 5.32 Å². The molecule has 0 saturated heterocycles. The van der Waals surface area contributed by atoms with Gasteiger partial charge in [0.05, 0.1) is 0 Å². The number of pyridine rings is 1. The van der Waals surface area contributed by atoms with Crippen molar-refractivity contribution in [2.24, 2.45) is 0 Å². The highest BCUT2D eigenvalue weighted by Gasteiger charge is 2.13. The smallest absolute Gasteiger partial charge is 0.271 e. The molecule has 0 aliphatic rings. The Morgan fingerprint density at radius 2 is 2.38 bits per heavy atom. The van der Waals surface area contributed by atoms with Crippen LogP contribution in [0.1, 0.15) is 30.3 Å². The summed E-state index contributed by atoms with van der Waals surface area (Å²) in [5, 5.41) is 3.88. The summed E-state index contributed by atoms with van der Waals surface area (Å²) in [6, 6.07) is 3.76. The summed E-state index contributed by atoms with van der Waals surface area (Å²) in [4.78, 5) is 15.9. The molecule has 1 amide bonds. The number of amides is 1. The molecule has 0 fully saturated rings. The molecule has 1 aromatic rings. The third-order valence-corrected chi connectivity index (χ3v) is 3.32. The summed E-state index contributed by atoms with van der Waals surface area (Å²) in [5.41, 5.74) is 0.438. The molecule has 1 N–H and O–H groups in total. The van der Waals surface area contributed by atoms with Gasteiger partial charge in [0.1, 0.15) is 5.69 Å². The number of halogens is 2. The Hall–Kier alpha value is -0.420. The standard InChI is InChI=1S/C11H14Br2N2O/c1-8(4-2-6-12)15-11(16)10-9(13)5-3-7-14-10/h3,5,7-8H,2,4,6H2,1H3,(H,15,16). The average Bonchev–Trinajstić information content (AvgIpc) is 2.26. The Labute approximate surface area is 112 Å². The Bertz CT molecular complexity index is 358. The van der Waals surface area contributed by atoms with Gasteiger partial charge in [-0.3, -0.25) is 4.79 Å². The molecule has 16 heavy (non-hydrogen) atoms. The zero-order valence-electron chi connectivity index (χ0n) is 9.04. The summed E-state index contributed by atoms with van der Waals surface area (Å²) < 4.78 is 0.722. The van der Waals surface area contributed by atoms with Gasteiger partial charge in [-0.15, -0.1) is 0 Å². The topological polar surface area (TPSA) is 42.0 Å². The molecule has 1 aromatic heterocycles. The van der Waals surface area contributed by atoms with Gasteiger partial charge in [0.15, 0.2) is 0 Å². The number of aromatic nitrogens is 1. The fourth-order valence-electron chi connectivity index (χ4n) is 1.30. The van der Waals surface area contributed by atoms with Crippen molar-refractivity contribution in [3.05, 3.63) is 28.5 Å². The summed E-state index contributed by atoms with van der Waals surface area (Å²) in [5.74, 6) is -0.130. The second kappa shape index (κ2) is 7.01. The van der Waals surface area contributed by atoms with Crippen LogP contribution in [0, 0.1) is 0 Å². The second-order valence-corrected chi connectivity index (χ2v) is 5.19. The molecular weight excluding hydrogens is 336 g/mol. The molecule has 0 aromatic carbocycles. The van der Waals surface area contributed by atoms with Gasteiger partial charge in [0, 0.05) is 22.0 Å². The lowest BCUT2D eigenvalue weighted by Gasteiger charge is -2.13. The van der Waals surface area contributed by atoms with Crippen LogP contribution in [0.5, 0.6) is 0 Å². The van der Waals surface area contributed by atoms with Crippen LogP contribution in [0.25, 0.3) is 0 Å². The molecule has 0 aliphatic heterocycles. The van der Waals surface area contributed by atoms with E-state index in [4.69, 9.17) is 0 Å². The lowest BCUT2D eigenvalue weighted by molar-refractivity contribution is 0.0932. The minimum Gasteiger partial charge on any atom is -0.348 e. The monoisotopic (exact) mass is 348 g/mol. The first-order valence-electron chi connectivity index (χ1n) is 5.12. The number of carbonyl (C=O) groups excluding carboxylic acids is 1. The van der Waals surface area contributed by atoms with Crippen molar-refractivity contribution in [2.45, 2.75) is 25.8 Å². The van der Waals surface area contributed by atoms with Gasteiger partial charge >= 0.3 is 0 Å². The zero-order chi connectivity index (χ0) is 12.0. The first-order valence-corrected chi connectivity index (χ1v) is 7.04. The summed E-state index contributed by atoms with van der Waals surface area (Å²) in [7, 11) is 0. The van der Waals surface area contributed by atoms with Crippen LogP contribution in [-0.2, 0) is 0 Å². The molecule has 0 saturated carbocycles. The summed E-state index contributed by atoms with van der Waals surface area (Å²) in [6.07, 6.45) is 3.62. The Kier molecular flexibility index (Phi) is 5.98. The number of carbonyl (C=O) groups is 1.